The maximum absolute atomic E-state index is 12.1. The van der Waals surface area contributed by atoms with E-state index in [4.69, 9.17) is 9.47 Å². The van der Waals surface area contributed by atoms with E-state index in [1.165, 1.54) is 18.9 Å². The van der Waals surface area contributed by atoms with Crippen molar-refractivity contribution in [2.75, 3.05) is 19.0 Å². The molecule has 168 valence electrons. The van der Waals surface area contributed by atoms with Gasteiger partial charge < -0.3 is 14.8 Å². The Morgan fingerprint density at radius 2 is 1.77 bits per heavy atom. The fourth-order valence-electron chi connectivity index (χ4n) is 3.04. The van der Waals surface area contributed by atoms with Crippen molar-refractivity contribution in [3.05, 3.63) is 29.3 Å². The second-order valence-electron chi connectivity index (χ2n) is 8.77. The molecule has 5 nitrogen and oxygen atoms in total. The van der Waals surface area contributed by atoms with Crippen LogP contribution in [0.1, 0.15) is 71.4 Å². The van der Waals surface area contributed by atoms with Crippen molar-refractivity contribution in [2.45, 2.75) is 67.2 Å². The van der Waals surface area contributed by atoms with E-state index < -0.39 is 0 Å². The third-order valence-electron chi connectivity index (χ3n) is 5.08. The average molecular weight is 418 g/mol. The largest absolute Gasteiger partial charge is 0.496 e. The molecule has 1 atom stereocenters. The number of hydrogen-bond acceptors (Lipinski definition) is 4. The van der Waals surface area contributed by atoms with Gasteiger partial charge in [0.05, 0.1) is 19.4 Å². The lowest BCUT2D eigenvalue weighted by Gasteiger charge is -2.14. The highest BCUT2D eigenvalue weighted by atomic mass is 16.5. The number of carbonyl (C=O) groups is 2. The third kappa shape index (κ3) is 9.47. The molecule has 0 bridgehead atoms. The topological polar surface area (TPSA) is 64.6 Å². The van der Waals surface area contributed by atoms with Crippen LogP contribution in [0.3, 0.4) is 0 Å². The van der Waals surface area contributed by atoms with Crippen LogP contribution in [0.5, 0.6) is 5.75 Å². The van der Waals surface area contributed by atoms with Gasteiger partial charge in [0.2, 0.25) is 5.91 Å². The Balaban J connectivity index is 2.68. The monoisotopic (exact) mass is 417 g/mol. The molecule has 0 saturated carbocycles. The Labute approximate surface area is 182 Å². The van der Waals surface area contributed by atoms with Crippen molar-refractivity contribution in [3.8, 4) is 5.75 Å². The van der Waals surface area contributed by atoms with Crippen LogP contribution in [0.4, 0.5) is 5.69 Å². The van der Waals surface area contributed by atoms with Crippen molar-refractivity contribution in [1.82, 2.24) is 0 Å². The second-order valence-corrected chi connectivity index (χ2v) is 8.77. The van der Waals surface area contributed by atoms with E-state index in [0.29, 0.717) is 24.0 Å². The van der Waals surface area contributed by atoms with Crippen molar-refractivity contribution in [3.63, 3.8) is 0 Å². The average Bonchev–Trinajstić information content (AvgIpc) is 2.67. The van der Waals surface area contributed by atoms with Gasteiger partial charge >= 0.3 is 5.97 Å². The van der Waals surface area contributed by atoms with Gasteiger partial charge in [-0.15, -0.1) is 0 Å². The molecule has 1 amide bonds. The van der Waals surface area contributed by atoms with Crippen LogP contribution in [0, 0.1) is 24.7 Å². The first-order valence-electron chi connectivity index (χ1n) is 11.0. The number of benzene rings is 1. The molecule has 0 radical (unpaired) electrons. The number of methoxy groups -OCH3 is 1. The molecule has 5 heteroatoms. The second kappa shape index (κ2) is 13.1. The molecule has 0 fully saturated rings. The number of esters is 1. The highest BCUT2D eigenvalue weighted by Crippen LogP contribution is 2.28. The number of nitrogens with one attached hydrogen (secondary N) is 1. The van der Waals surface area contributed by atoms with Gasteiger partial charge in [-0.05, 0) is 48.4 Å². The summed E-state index contributed by atoms with van der Waals surface area (Å²) in [6, 6.07) is 3.66. The van der Waals surface area contributed by atoms with Crippen LogP contribution in [-0.4, -0.2) is 25.6 Å². The number of anilines is 1. The predicted molar refractivity (Wildman–Crippen MR) is 124 cm³/mol. The normalized spacial score (nSPS) is 12.4. The van der Waals surface area contributed by atoms with E-state index in [1.807, 2.05) is 26.8 Å². The van der Waals surface area contributed by atoms with Gasteiger partial charge in [0.25, 0.3) is 0 Å². The first-order chi connectivity index (χ1) is 14.1. The fourth-order valence-corrected chi connectivity index (χ4v) is 3.04. The molecule has 0 saturated heterocycles. The van der Waals surface area contributed by atoms with Gasteiger partial charge in [0.1, 0.15) is 5.75 Å². The van der Waals surface area contributed by atoms with Crippen molar-refractivity contribution >= 4 is 23.6 Å². The number of rotatable bonds is 12. The fraction of sp³-hybridized carbons (Fsp3) is 0.600. The SMILES string of the molecule is COc1cc(NC(=O)C(C)C)c(/C=C/C(=O)OCCC(C)CCCC(C)C)cc1C. The van der Waals surface area contributed by atoms with Gasteiger partial charge in [-0.2, -0.15) is 0 Å². The smallest absolute Gasteiger partial charge is 0.330 e. The molecule has 0 heterocycles. The Bertz CT molecular complexity index is 722. The number of carbonyl (C=O) groups excluding carboxylic acids is 2. The molecule has 1 unspecified atom stereocenters. The summed E-state index contributed by atoms with van der Waals surface area (Å²) < 4.78 is 10.7. The summed E-state index contributed by atoms with van der Waals surface area (Å²) in [6.07, 6.45) is 7.58. The first-order valence-corrected chi connectivity index (χ1v) is 11.0. The first kappa shape index (κ1) is 25.7. The van der Waals surface area contributed by atoms with Gasteiger partial charge in [-0.1, -0.05) is 53.9 Å². The summed E-state index contributed by atoms with van der Waals surface area (Å²) in [7, 11) is 1.59. The highest BCUT2D eigenvalue weighted by molar-refractivity contribution is 5.96. The lowest BCUT2D eigenvalue weighted by atomic mass is 9.98. The maximum Gasteiger partial charge on any atom is 0.330 e. The highest BCUT2D eigenvalue weighted by Gasteiger charge is 2.12. The summed E-state index contributed by atoms with van der Waals surface area (Å²) in [5.41, 5.74) is 2.27. The number of hydrogen-bond donors (Lipinski definition) is 1. The van der Waals surface area contributed by atoms with Crippen LogP contribution in [0.2, 0.25) is 0 Å². The molecular weight excluding hydrogens is 378 g/mol. The zero-order valence-corrected chi connectivity index (χ0v) is 19.7. The summed E-state index contributed by atoms with van der Waals surface area (Å²) in [6.45, 7) is 12.7. The molecule has 0 aliphatic rings. The Morgan fingerprint density at radius 3 is 2.37 bits per heavy atom. The summed E-state index contributed by atoms with van der Waals surface area (Å²) in [5, 5.41) is 2.90. The minimum atomic E-state index is -0.376. The number of aryl methyl sites for hydroxylation is 1. The number of ether oxygens (including phenoxy) is 2. The molecule has 0 aromatic heterocycles. The van der Waals surface area contributed by atoms with E-state index in [1.54, 1.807) is 19.3 Å². The quantitative estimate of drug-likeness (QED) is 0.334. The molecule has 1 rings (SSSR count). The molecule has 30 heavy (non-hydrogen) atoms. The lowest BCUT2D eigenvalue weighted by Crippen LogP contribution is -2.18. The van der Waals surface area contributed by atoms with E-state index in [0.717, 1.165) is 29.9 Å². The Hall–Kier alpha value is -2.30. The summed E-state index contributed by atoms with van der Waals surface area (Å²) in [5.74, 6) is 1.34. The Morgan fingerprint density at radius 1 is 1.07 bits per heavy atom. The lowest BCUT2D eigenvalue weighted by molar-refractivity contribution is -0.138. The van der Waals surface area contributed by atoms with Crippen LogP contribution < -0.4 is 10.1 Å². The van der Waals surface area contributed by atoms with Crippen molar-refractivity contribution < 1.29 is 19.1 Å². The van der Waals surface area contributed by atoms with Gasteiger partial charge in [0.15, 0.2) is 0 Å². The Kier molecular flexibility index (Phi) is 11.2. The van der Waals surface area contributed by atoms with Crippen molar-refractivity contribution in [2.24, 2.45) is 17.8 Å². The van der Waals surface area contributed by atoms with Crippen LogP contribution in [0.15, 0.2) is 18.2 Å². The minimum absolute atomic E-state index is 0.0930. The molecule has 1 aromatic carbocycles. The van der Waals surface area contributed by atoms with E-state index in [-0.39, 0.29) is 17.8 Å². The van der Waals surface area contributed by atoms with Crippen LogP contribution >= 0.6 is 0 Å². The zero-order valence-electron chi connectivity index (χ0n) is 19.7. The standard InChI is InChI=1S/C25H39NO4/c1-17(2)9-8-10-19(5)13-14-30-24(27)12-11-21-15-20(6)23(29-7)16-22(21)26-25(28)18(3)4/h11-12,15-19H,8-10,13-14H2,1-7H3,(H,26,28)/b12-11+. The molecule has 1 N–H and O–H groups in total. The van der Waals surface area contributed by atoms with E-state index in [2.05, 4.69) is 26.1 Å². The van der Waals surface area contributed by atoms with Crippen molar-refractivity contribution in [1.29, 1.82) is 0 Å². The predicted octanol–water partition coefficient (Wildman–Crippen LogP) is 6.01. The van der Waals surface area contributed by atoms with E-state index in [9.17, 15) is 9.59 Å². The van der Waals surface area contributed by atoms with Gasteiger partial charge in [-0.3, -0.25) is 4.79 Å². The zero-order chi connectivity index (χ0) is 22.7. The molecule has 0 spiro atoms. The molecular formula is C25H39NO4. The maximum atomic E-state index is 12.1. The van der Waals surface area contributed by atoms with Gasteiger partial charge in [-0.25, -0.2) is 4.79 Å². The minimum Gasteiger partial charge on any atom is -0.496 e. The number of amides is 1. The summed E-state index contributed by atoms with van der Waals surface area (Å²) in [4.78, 5) is 24.3. The molecule has 1 aromatic rings. The third-order valence-corrected chi connectivity index (χ3v) is 5.08. The van der Waals surface area contributed by atoms with Gasteiger partial charge in [0, 0.05) is 18.1 Å². The summed E-state index contributed by atoms with van der Waals surface area (Å²) >= 11 is 0. The van der Waals surface area contributed by atoms with E-state index >= 15 is 0 Å². The molecule has 0 aliphatic heterocycles. The van der Waals surface area contributed by atoms with Crippen LogP contribution in [0.25, 0.3) is 6.08 Å². The molecule has 0 aliphatic carbocycles. The van der Waals surface area contributed by atoms with Crippen LogP contribution in [-0.2, 0) is 14.3 Å².